The summed E-state index contributed by atoms with van der Waals surface area (Å²) in [6.07, 6.45) is 4.97. The van der Waals surface area contributed by atoms with Gasteiger partial charge in [-0.25, -0.2) is 9.78 Å². The second-order valence-corrected chi connectivity index (χ2v) is 6.96. The lowest BCUT2D eigenvalue weighted by molar-refractivity contribution is -0.147. The van der Waals surface area contributed by atoms with E-state index in [1.807, 2.05) is 55.8 Å². The number of hydrogen-bond donors (Lipinski definition) is 1. The number of amides is 1. The van der Waals surface area contributed by atoms with Gasteiger partial charge in [-0.3, -0.25) is 4.79 Å². The number of ether oxygens (including phenoxy) is 1. The summed E-state index contributed by atoms with van der Waals surface area (Å²) in [6.45, 7) is 4.49. The standard InChI is InChI=1S/C20H24N4O3/c1-14(2)12-27-20(26)16(11-24-9-8-21-13-24)22-19(25)18-10-15-6-4-5-7-17(15)23(18)3/h4-10,13-14,16H,11-12H2,1-3H3,(H,22,25)/t16-/m0/s1. The normalized spacial score (nSPS) is 12.3. The van der Waals surface area contributed by atoms with Crippen molar-refractivity contribution < 1.29 is 14.3 Å². The molecule has 1 N–H and O–H groups in total. The maximum atomic E-state index is 12.9. The van der Waals surface area contributed by atoms with Crippen molar-refractivity contribution in [2.75, 3.05) is 6.61 Å². The molecule has 7 nitrogen and oxygen atoms in total. The summed E-state index contributed by atoms with van der Waals surface area (Å²) in [7, 11) is 1.83. The molecular formula is C20H24N4O3. The number of aryl methyl sites for hydroxylation is 1. The van der Waals surface area contributed by atoms with Gasteiger partial charge in [0.2, 0.25) is 0 Å². The number of hydrogen-bond acceptors (Lipinski definition) is 4. The van der Waals surface area contributed by atoms with Crippen LogP contribution in [0.3, 0.4) is 0 Å². The number of carbonyl (C=O) groups is 2. The summed E-state index contributed by atoms with van der Waals surface area (Å²) in [5.41, 5.74) is 1.44. The minimum absolute atomic E-state index is 0.219. The predicted octanol–water partition coefficient (Wildman–Crippen LogP) is 2.37. The SMILES string of the molecule is CC(C)COC(=O)[C@H](Cn1ccnc1)NC(=O)c1cc2ccccc2n1C. The zero-order valence-electron chi connectivity index (χ0n) is 15.8. The van der Waals surface area contributed by atoms with E-state index in [2.05, 4.69) is 10.3 Å². The van der Waals surface area contributed by atoms with Crippen molar-refractivity contribution in [3.63, 3.8) is 0 Å². The average Bonchev–Trinajstić information content (AvgIpc) is 3.27. The van der Waals surface area contributed by atoms with Gasteiger partial charge >= 0.3 is 5.97 Å². The number of nitrogens with zero attached hydrogens (tertiary/aromatic N) is 3. The molecule has 0 saturated heterocycles. The Balaban J connectivity index is 1.80. The molecule has 0 unspecified atom stereocenters. The molecule has 1 aromatic carbocycles. The van der Waals surface area contributed by atoms with E-state index in [-0.39, 0.29) is 18.4 Å². The molecule has 0 spiro atoms. The van der Waals surface area contributed by atoms with Crippen LogP contribution < -0.4 is 5.32 Å². The number of rotatable bonds is 7. The number of para-hydroxylation sites is 1. The smallest absolute Gasteiger partial charge is 0.330 e. The fourth-order valence-corrected chi connectivity index (χ4v) is 2.87. The van der Waals surface area contributed by atoms with E-state index >= 15 is 0 Å². The van der Waals surface area contributed by atoms with Crippen LogP contribution in [0.25, 0.3) is 10.9 Å². The van der Waals surface area contributed by atoms with Gasteiger partial charge in [-0.2, -0.15) is 0 Å². The third-order valence-electron chi connectivity index (χ3n) is 4.29. The van der Waals surface area contributed by atoms with Gasteiger partial charge in [0.05, 0.1) is 19.5 Å². The first kappa shape index (κ1) is 18.7. The lowest BCUT2D eigenvalue weighted by Gasteiger charge is -2.19. The van der Waals surface area contributed by atoms with Crippen molar-refractivity contribution in [1.82, 2.24) is 19.4 Å². The van der Waals surface area contributed by atoms with Gasteiger partial charge in [-0.05, 0) is 18.1 Å². The van der Waals surface area contributed by atoms with Crippen LogP contribution in [0, 0.1) is 5.92 Å². The highest BCUT2D eigenvalue weighted by atomic mass is 16.5. The van der Waals surface area contributed by atoms with Gasteiger partial charge in [-0.1, -0.05) is 32.0 Å². The first-order valence-electron chi connectivity index (χ1n) is 8.93. The molecule has 3 rings (SSSR count). The topological polar surface area (TPSA) is 78.2 Å². The van der Waals surface area contributed by atoms with E-state index in [4.69, 9.17) is 4.74 Å². The van der Waals surface area contributed by atoms with Crippen LogP contribution in [0.1, 0.15) is 24.3 Å². The molecule has 1 atom stereocenters. The molecular weight excluding hydrogens is 344 g/mol. The number of carbonyl (C=O) groups excluding carboxylic acids is 2. The highest BCUT2D eigenvalue weighted by molar-refractivity contribution is 6.00. The second-order valence-electron chi connectivity index (χ2n) is 6.96. The van der Waals surface area contributed by atoms with Crippen molar-refractivity contribution in [3.8, 4) is 0 Å². The van der Waals surface area contributed by atoms with Crippen LogP contribution in [0.4, 0.5) is 0 Å². The number of nitrogens with one attached hydrogen (secondary N) is 1. The van der Waals surface area contributed by atoms with E-state index in [1.165, 1.54) is 0 Å². The third kappa shape index (κ3) is 4.36. The second kappa shape index (κ2) is 8.07. The van der Waals surface area contributed by atoms with Gasteiger partial charge in [-0.15, -0.1) is 0 Å². The maximum Gasteiger partial charge on any atom is 0.330 e. The zero-order chi connectivity index (χ0) is 19.4. The van der Waals surface area contributed by atoms with Crippen LogP contribution in [-0.4, -0.2) is 38.6 Å². The zero-order valence-corrected chi connectivity index (χ0v) is 15.8. The monoisotopic (exact) mass is 368 g/mol. The van der Waals surface area contributed by atoms with Crippen molar-refractivity contribution in [1.29, 1.82) is 0 Å². The molecule has 0 radical (unpaired) electrons. The number of benzene rings is 1. The molecule has 0 aliphatic carbocycles. The summed E-state index contributed by atoms with van der Waals surface area (Å²) in [5, 5.41) is 3.78. The summed E-state index contributed by atoms with van der Waals surface area (Å²) in [5.74, 6) is -0.554. The quantitative estimate of drug-likeness (QED) is 0.650. The Morgan fingerprint density at radius 2 is 2.04 bits per heavy atom. The van der Waals surface area contributed by atoms with Gasteiger partial charge in [0, 0.05) is 30.3 Å². The molecule has 7 heteroatoms. The van der Waals surface area contributed by atoms with Gasteiger partial charge in [0.25, 0.3) is 5.91 Å². The molecule has 3 aromatic rings. The van der Waals surface area contributed by atoms with Crippen LogP contribution in [0.5, 0.6) is 0 Å². The van der Waals surface area contributed by atoms with Crippen molar-refractivity contribution in [2.45, 2.75) is 26.4 Å². The summed E-state index contributed by atoms with van der Waals surface area (Å²) in [4.78, 5) is 29.4. The minimum atomic E-state index is -0.802. The van der Waals surface area contributed by atoms with Crippen molar-refractivity contribution in [2.24, 2.45) is 13.0 Å². The van der Waals surface area contributed by atoms with Crippen LogP contribution >= 0.6 is 0 Å². The Morgan fingerprint density at radius 3 is 2.70 bits per heavy atom. The first-order valence-corrected chi connectivity index (χ1v) is 8.93. The van der Waals surface area contributed by atoms with E-state index in [0.29, 0.717) is 12.3 Å². The lowest BCUT2D eigenvalue weighted by atomic mass is 10.2. The summed E-state index contributed by atoms with van der Waals surface area (Å²) in [6, 6.07) is 8.77. The molecule has 2 heterocycles. The Kier molecular flexibility index (Phi) is 5.59. The first-order chi connectivity index (χ1) is 13.0. The largest absolute Gasteiger partial charge is 0.464 e. The Bertz CT molecular complexity index is 928. The Morgan fingerprint density at radius 1 is 1.26 bits per heavy atom. The number of esters is 1. The fourth-order valence-electron chi connectivity index (χ4n) is 2.87. The summed E-state index contributed by atoms with van der Waals surface area (Å²) >= 11 is 0. The molecule has 2 aromatic heterocycles. The van der Waals surface area contributed by atoms with Gasteiger partial charge in [0.15, 0.2) is 0 Å². The minimum Gasteiger partial charge on any atom is -0.464 e. The van der Waals surface area contributed by atoms with E-state index in [1.54, 1.807) is 23.3 Å². The molecule has 0 saturated carbocycles. The predicted molar refractivity (Wildman–Crippen MR) is 102 cm³/mol. The number of aromatic nitrogens is 3. The molecule has 0 bridgehead atoms. The van der Waals surface area contributed by atoms with E-state index in [9.17, 15) is 9.59 Å². The van der Waals surface area contributed by atoms with Gasteiger partial charge < -0.3 is 19.2 Å². The highest BCUT2D eigenvalue weighted by Crippen LogP contribution is 2.18. The van der Waals surface area contributed by atoms with Gasteiger partial charge in [0.1, 0.15) is 11.7 Å². The fraction of sp³-hybridized carbons (Fsp3) is 0.350. The maximum absolute atomic E-state index is 12.9. The molecule has 142 valence electrons. The van der Waals surface area contributed by atoms with Crippen molar-refractivity contribution in [3.05, 3.63) is 54.7 Å². The molecule has 0 fully saturated rings. The van der Waals surface area contributed by atoms with Crippen LogP contribution in [-0.2, 0) is 23.1 Å². The van der Waals surface area contributed by atoms with Crippen LogP contribution in [0.15, 0.2) is 49.1 Å². The molecule has 0 aliphatic heterocycles. The number of imidazole rings is 1. The van der Waals surface area contributed by atoms with Crippen molar-refractivity contribution >= 4 is 22.8 Å². The molecule has 0 aliphatic rings. The highest BCUT2D eigenvalue weighted by Gasteiger charge is 2.25. The Hall–Kier alpha value is -3.09. The Labute approximate surface area is 157 Å². The van der Waals surface area contributed by atoms with Crippen LogP contribution in [0.2, 0.25) is 0 Å². The molecule has 1 amide bonds. The lowest BCUT2D eigenvalue weighted by Crippen LogP contribution is -2.45. The summed E-state index contributed by atoms with van der Waals surface area (Å²) < 4.78 is 8.90. The van der Waals surface area contributed by atoms with E-state index in [0.717, 1.165) is 10.9 Å². The van der Waals surface area contributed by atoms with E-state index < -0.39 is 12.0 Å². The number of fused-ring (bicyclic) bond motifs is 1. The average molecular weight is 368 g/mol. The molecule has 27 heavy (non-hydrogen) atoms. The third-order valence-corrected chi connectivity index (χ3v) is 4.29.